The fourth-order valence-electron chi connectivity index (χ4n) is 1.72. The van der Waals surface area contributed by atoms with Crippen LogP contribution in [0.15, 0.2) is 48.5 Å². The van der Waals surface area contributed by atoms with Crippen LogP contribution in [0.4, 0.5) is 13.2 Å². The first-order chi connectivity index (χ1) is 9.49. The minimum absolute atomic E-state index is 0.351. The van der Waals surface area contributed by atoms with Crippen LogP contribution in [-0.2, 0) is 12.8 Å². The normalized spacial score (nSPS) is 12.0. The predicted molar refractivity (Wildman–Crippen MR) is 76.1 cm³/mol. The largest absolute Gasteiger partial charge is 0.489 e. The van der Waals surface area contributed by atoms with Gasteiger partial charge in [0.15, 0.2) is 0 Å². The van der Waals surface area contributed by atoms with Gasteiger partial charge >= 0.3 is 6.18 Å². The average molecular weight is 298 g/mol. The number of ether oxygens (including phenoxy) is 1. The molecule has 106 valence electrons. The summed E-state index contributed by atoms with van der Waals surface area (Å²) < 4.78 is 42.7. The van der Waals surface area contributed by atoms with Crippen LogP contribution in [0.5, 0.6) is 5.75 Å². The maximum absolute atomic E-state index is 12.4. The monoisotopic (exact) mass is 298 g/mol. The predicted octanol–water partition coefficient (Wildman–Crippen LogP) is 4.22. The molecule has 2 rings (SSSR count). The van der Waals surface area contributed by atoms with Crippen LogP contribution < -0.4 is 10.0 Å². The van der Waals surface area contributed by atoms with Gasteiger partial charge < -0.3 is 4.74 Å². The lowest BCUT2D eigenvalue weighted by Crippen LogP contribution is -2.04. The summed E-state index contributed by atoms with van der Waals surface area (Å²) >= 11 is 0. The summed E-state index contributed by atoms with van der Waals surface area (Å²) in [6.07, 6.45) is -4.31. The van der Waals surface area contributed by atoms with Gasteiger partial charge in [0.2, 0.25) is 0 Å². The first kappa shape index (κ1) is 14.9. The molecule has 0 aliphatic heterocycles. The zero-order valence-electron chi connectivity index (χ0n) is 10.9. The van der Waals surface area contributed by atoms with E-state index in [-0.39, 0.29) is 0 Å². The van der Waals surface area contributed by atoms with E-state index in [2.05, 4.69) is 6.66 Å². The van der Waals surface area contributed by atoms with Crippen molar-refractivity contribution >= 4 is 13.9 Å². The van der Waals surface area contributed by atoms with Crippen molar-refractivity contribution in [3.8, 4) is 5.75 Å². The Labute approximate surface area is 117 Å². The second-order valence-corrected chi connectivity index (χ2v) is 5.34. The SMILES string of the molecule is CPc1cccc(COc2ccc(C(F)(F)F)cc2)c1. The van der Waals surface area contributed by atoms with Gasteiger partial charge in [-0.15, -0.1) is 0 Å². The van der Waals surface area contributed by atoms with Gasteiger partial charge in [-0.1, -0.05) is 26.8 Å². The minimum atomic E-state index is -4.31. The zero-order valence-corrected chi connectivity index (χ0v) is 11.9. The molecule has 0 N–H and O–H groups in total. The van der Waals surface area contributed by atoms with E-state index in [0.29, 0.717) is 20.9 Å². The highest BCUT2D eigenvalue weighted by molar-refractivity contribution is 7.46. The van der Waals surface area contributed by atoms with Crippen molar-refractivity contribution in [1.29, 1.82) is 0 Å². The quantitative estimate of drug-likeness (QED) is 0.768. The van der Waals surface area contributed by atoms with Gasteiger partial charge in [0.1, 0.15) is 12.4 Å². The lowest BCUT2D eigenvalue weighted by molar-refractivity contribution is -0.137. The molecular formula is C15H14F3OP. The van der Waals surface area contributed by atoms with E-state index in [9.17, 15) is 13.2 Å². The van der Waals surface area contributed by atoms with Crippen molar-refractivity contribution in [2.75, 3.05) is 6.66 Å². The van der Waals surface area contributed by atoms with Gasteiger partial charge in [-0.2, -0.15) is 13.2 Å². The molecule has 0 bridgehead atoms. The van der Waals surface area contributed by atoms with Crippen LogP contribution in [0.1, 0.15) is 11.1 Å². The Balaban J connectivity index is 2.00. The topological polar surface area (TPSA) is 9.23 Å². The molecule has 0 aliphatic rings. The van der Waals surface area contributed by atoms with E-state index in [1.54, 1.807) is 0 Å². The Kier molecular flexibility index (Phi) is 4.66. The average Bonchev–Trinajstić information content (AvgIpc) is 2.45. The Morgan fingerprint density at radius 1 is 1.05 bits per heavy atom. The molecule has 0 aromatic heterocycles. The number of halogens is 3. The molecule has 1 unspecified atom stereocenters. The van der Waals surface area contributed by atoms with Crippen LogP contribution in [0, 0.1) is 0 Å². The van der Waals surface area contributed by atoms with Crippen molar-refractivity contribution in [2.24, 2.45) is 0 Å². The molecule has 1 atom stereocenters. The fraction of sp³-hybridized carbons (Fsp3) is 0.200. The van der Waals surface area contributed by atoms with Gasteiger partial charge in [0, 0.05) is 0 Å². The Hall–Kier alpha value is -1.54. The van der Waals surface area contributed by atoms with Crippen LogP contribution in [0.2, 0.25) is 0 Å². The highest BCUT2D eigenvalue weighted by atomic mass is 31.1. The molecule has 20 heavy (non-hydrogen) atoms. The van der Waals surface area contributed by atoms with Crippen molar-refractivity contribution in [3.63, 3.8) is 0 Å². The van der Waals surface area contributed by atoms with E-state index in [0.717, 1.165) is 17.7 Å². The first-order valence-corrected chi connectivity index (χ1v) is 7.56. The van der Waals surface area contributed by atoms with E-state index in [1.165, 1.54) is 17.4 Å². The summed E-state index contributed by atoms with van der Waals surface area (Å²) in [5, 5.41) is 1.23. The number of rotatable bonds is 4. The van der Waals surface area contributed by atoms with E-state index in [1.807, 2.05) is 24.3 Å². The van der Waals surface area contributed by atoms with E-state index in [4.69, 9.17) is 4.74 Å². The second-order valence-electron chi connectivity index (χ2n) is 4.26. The van der Waals surface area contributed by atoms with Crippen LogP contribution in [0.3, 0.4) is 0 Å². The maximum atomic E-state index is 12.4. The van der Waals surface area contributed by atoms with Crippen molar-refractivity contribution in [3.05, 3.63) is 59.7 Å². The van der Waals surface area contributed by atoms with Gasteiger partial charge in [-0.3, -0.25) is 0 Å². The Morgan fingerprint density at radius 2 is 1.75 bits per heavy atom. The van der Waals surface area contributed by atoms with Gasteiger partial charge in [-0.05, 0) is 47.9 Å². The van der Waals surface area contributed by atoms with Crippen LogP contribution in [0.25, 0.3) is 0 Å². The summed E-state index contributed by atoms with van der Waals surface area (Å²) in [6.45, 7) is 2.44. The third-order valence-corrected chi connectivity index (χ3v) is 3.69. The molecule has 0 heterocycles. The van der Waals surface area contributed by atoms with Gasteiger partial charge in [0.05, 0.1) is 5.56 Å². The molecule has 0 amide bonds. The number of benzene rings is 2. The maximum Gasteiger partial charge on any atom is 0.416 e. The van der Waals surface area contributed by atoms with Crippen LogP contribution in [-0.4, -0.2) is 6.66 Å². The number of hydrogen-bond donors (Lipinski definition) is 0. The summed E-state index contributed by atoms with van der Waals surface area (Å²) in [6, 6.07) is 12.7. The van der Waals surface area contributed by atoms with Crippen molar-refractivity contribution < 1.29 is 17.9 Å². The highest BCUT2D eigenvalue weighted by Crippen LogP contribution is 2.30. The molecule has 0 saturated heterocycles. The molecule has 0 spiro atoms. The molecule has 5 heteroatoms. The molecular weight excluding hydrogens is 284 g/mol. The van der Waals surface area contributed by atoms with Crippen molar-refractivity contribution in [1.82, 2.24) is 0 Å². The zero-order chi connectivity index (χ0) is 14.6. The highest BCUT2D eigenvalue weighted by Gasteiger charge is 2.29. The van der Waals surface area contributed by atoms with E-state index < -0.39 is 11.7 Å². The molecule has 2 aromatic carbocycles. The fourth-order valence-corrected chi connectivity index (χ4v) is 2.32. The summed E-state index contributed by atoms with van der Waals surface area (Å²) in [7, 11) is 0.709. The molecule has 1 nitrogen and oxygen atoms in total. The third-order valence-electron chi connectivity index (χ3n) is 2.80. The number of alkyl halides is 3. The Bertz CT molecular complexity index is 564. The first-order valence-electron chi connectivity index (χ1n) is 6.06. The third kappa shape index (κ3) is 3.97. The van der Waals surface area contributed by atoms with E-state index >= 15 is 0 Å². The number of hydrogen-bond acceptors (Lipinski definition) is 1. The van der Waals surface area contributed by atoms with Crippen molar-refractivity contribution in [2.45, 2.75) is 12.8 Å². The smallest absolute Gasteiger partial charge is 0.416 e. The molecule has 0 radical (unpaired) electrons. The van der Waals surface area contributed by atoms with Gasteiger partial charge in [0.25, 0.3) is 0 Å². The standard InChI is InChI=1S/C15H14F3OP/c1-20-14-4-2-3-11(9-14)10-19-13-7-5-12(6-8-13)15(16,17)18/h2-9,20H,10H2,1H3. The molecule has 0 fully saturated rings. The Morgan fingerprint density at radius 3 is 2.35 bits per heavy atom. The molecule has 0 aliphatic carbocycles. The minimum Gasteiger partial charge on any atom is -0.489 e. The molecule has 0 saturated carbocycles. The van der Waals surface area contributed by atoms with Gasteiger partial charge in [-0.25, -0.2) is 0 Å². The summed E-state index contributed by atoms with van der Waals surface area (Å²) in [5.74, 6) is 0.433. The lowest BCUT2D eigenvalue weighted by Gasteiger charge is -2.09. The van der Waals surface area contributed by atoms with Crippen LogP contribution >= 0.6 is 8.58 Å². The second kappa shape index (κ2) is 6.27. The lowest BCUT2D eigenvalue weighted by atomic mass is 10.2. The summed E-state index contributed by atoms with van der Waals surface area (Å²) in [5.41, 5.74) is 0.343. The summed E-state index contributed by atoms with van der Waals surface area (Å²) in [4.78, 5) is 0. The molecule has 2 aromatic rings.